The molecule has 0 fully saturated rings. The minimum Gasteiger partial charge on any atom is -0.340 e. The number of carbonyl (C=O) groups excluding carboxylic acids is 1. The van der Waals surface area contributed by atoms with Crippen molar-refractivity contribution in [2.45, 2.75) is 19.0 Å². The Bertz CT molecular complexity index is 1080. The first-order valence-electron chi connectivity index (χ1n) is 9.55. The second-order valence-electron chi connectivity index (χ2n) is 6.94. The first-order valence-corrected chi connectivity index (χ1v) is 12.9. The van der Waals surface area contributed by atoms with Gasteiger partial charge in [-0.25, -0.2) is 8.42 Å². The molecule has 0 aromatic heterocycles. The van der Waals surface area contributed by atoms with E-state index in [0.29, 0.717) is 16.9 Å². The van der Waals surface area contributed by atoms with Gasteiger partial charge in [0.25, 0.3) is 5.69 Å². The molecule has 0 saturated carbocycles. The number of halogens is 1. The Kier molecular flexibility index (Phi) is 9.70. The van der Waals surface area contributed by atoms with Crippen LogP contribution in [0.25, 0.3) is 6.08 Å². The van der Waals surface area contributed by atoms with Gasteiger partial charge in [0, 0.05) is 36.2 Å². The van der Waals surface area contributed by atoms with E-state index in [-0.39, 0.29) is 23.7 Å². The van der Waals surface area contributed by atoms with Crippen molar-refractivity contribution in [3.8, 4) is 0 Å². The third kappa shape index (κ3) is 7.94. The van der Waals surface area contributed by atoms with Gasteiger partial charge in [-0.3, -0.25) is 14.9 Å². The van der Waals surface area contributed by atoms with E-state index >= 15 is 0 Å². The van der Waals surface area contributed by atoms with E-state index in [1.54, 1.807) is 24.3 Å². The van der Waals surface area contributed by atoms with Crippen molar-refractivity contribution in [3.63, 3.8) is 0 Å². The van der Waals surface area contributed by atoms with Crippen molar-refractivity contribution in [1.82, 2.24) is 9.62 Å². The van der Waals surface area contributed by atoms with E-state index in [0.717, 1.165) is 5.41 Å². The molecule has 2 aromatic carbocycles. The molecule has 172 valence electrons. The van der Waals surface area contributed by atoms with Gasteiger partial charge < -0.3 is 4.90 Å². The van der Waals surface area contributed by atoms with E-state index in [2.05, 4.69) is 4.72 Å². The average Bonchev–Trinajstić information content (AvgIpc) is 2.76. The minimum absolute atomic E-state index is 0.00328. The highest BCUT2D eigenvalue weighted by atomic mass is 35.5. The maximum atomic E-state index is 13.0. The second-order valence-corrected chi connectivity index (χ2v) is 9.93. The molecule has 1 unspecified atom stereocenters. The zero-order chi connectivity index (χ0) is 23.7. The quantitative estimate of drug-likeness (QED) is 0.372. The topological polar surface area (TPSA) is 110 Å². The summed E-state index contributed by atoms with van der Waals surface area (Å²) in [4.78, 5) is 24.8. The van der Waals surface area contributed by atoms with Crippen LogP contribution in [0.3, 0.4) is 0 Å². The molecule has 32 heavy (non-hydrogen) atoms. The molecule has 1 atom stereocenters. The Balaban J connectivity index is 2.17. The summed E-state index contributed by atoms with van der Waals surface area (Å²) in [6.45, 7) is -0.00328. The third-order valence-corrected chi connectivity index (χ3v) is 6.60. The molecule has 8 nitrogen and oxygen atoms in total. The lowest BCUT2D eigenvalue weighted by atomic mass is 10.1. The summed E-state index contributed by atoms with van der Waals surface area (Å²) < 4.78 is 27.6. The number of nitro groups is 1. The SMILES string of the molecule is CSCCC(NS(=O)(=O)/C=C/c1ccccc1)C(=O)N(C)Cc1cc([N+](=O)[O-])ccc1Cl. The molecule has 0 heterocycles. The van der Waals surface area contributed by atoms with Crippen LogP contribution in [-0.2, 0) is 21.4 Å². The summed E-state index contributed by atoms with van der Waals surface area (Å²) >= 11 is 7.62. The fourth-order valence-corrected chi connectivity index (χ4v) is 4.51. The summed E-state index contributed by atoms with van der Waals surface area (Å²) in [5, 5.41) is 12.3. The molecular weight excluding hydrogens is 474 g/mol. The van der Waals surface area contributed by atoms with Gasteiger partial charge >= 0.3 is 0 Å². The lowest BCUT2D eigenvalue weighted by Gasteiger charge is -2.24. The maximum Gasteiger partial charge on any atom is 0.269 e. The Morgan fingerprint density at radius 2 is 1.97 bits per heavy atom. The van der Waals surface area contributed by atoms with E-state index in [1.807, 2.05) is 12.3 Å². The summed E-state index contributed by atoms with van der Waals surface area (Å²) in [5.41, 5.74) is 0.963. The highest BCUT2D eigenvalue weighted by molar-refractivity contribution is 7.98. The van der Waals surface area contributed by atoms with Crippen molar-refractivity contribution in [2.24, 2.45) is 0 Å². The molecule has 2 aromatic rings. The van der Waals surface area contributed by atoms with Crippen molar-refractivity contribution < 1.29 is 18.1 Å². The van der Waals surface area contributed by atoms with Crippen LogP contribution in [0.1, 0.15) is 17.5 Å². The predicted molar refractivity (Wildman–Crippen MR) is 129 cm³/mol. The Morgan fingerprint density at radius 3 is 2.59 bits per heavy atom. The number of sulfonamides is 1. The molecule has 0 aliphatic heterocycles. The van der Waals surface area contributed by atoms with Gasteiger partial charge in [-0.2, -0.15) is 16.5 Å². The van der Waals surface area contributed by atoms with Gasteiger partial charge in [0.05, 0.1) is 4.92 Å². The molecule has 0 aliphatic rings. The fraction of sp³-hybridized carbons (Fsp3) is 0.286. The number of thioether (sulfide) groups is 1. The van der Waals surface area contributed by atoms with Crippen molar-refractivity contribution >= 4 is 51.1 Å². The molecule has 11 heteroatoms. The summed E-state index contributed by atoms with van der Waals surface area (Å²) in [6.07, 6.45) is 3.59. The molecule has 0 bridgehead atoms. The van der Waals surface area contributed by atoms with E-state index < -0.39 is 26.9 Å². The lowest BCUT2D eigenvalue weighted by Crippen LogP contribution is -2.46. The van der Waals surface area contributed by atoms with Crippen LogP contribution in [0.4, 0.5) is 5.69 Å². The van der Waals surface area contributed by atoms with Crippen LogP contribution >= 0.6 is 23.4 Å². The van der Waals surface area contributed by atoms with Gasteiger partial charge in [-0.05, 0) is 41.7 Å². The maximum absolute atomic E-state index is 13.0. The van der Waals surface area contributed by atoms with Crippen molar-refractivity contribution in [2.75, 3.05) is 19.1 Å². The normalized spacial score (nSPS) is 12.6. The zero-order valence-electron chi connectivity index (χ0n) is 17.6. The van der Waals surface area contributed by atoms with E-state index in [9.17, 15) is 23.3 Å². The first-order chi connectivity index (χ1) is 15.1. The number of amides is 1. The van der Waals surface area contributed by atoms with Crippen LogP contribution in [0.5, 0.6) is 0 Å². The number of hydrogen-bond donors (Lipinski definition) is 1. The number of hydrogen-bond acceptors (Lipinski definition) is 6. The van der Waals surface area contributed by atoms with Gasteiger partial charge in [0.15, 0.2) is 0 Å². The van der Waals surface area contributed by atoms with Gasteiger partial charge in [0.2, 0.25) is 15.9 Å². The average molecular weight is 498 g/mol. The smallest absolute Gasteiger partial charge is 0.269 e. The van der Waals surface area contributed by atoms with Crippen LogP contribution < -0.4 is 4.72 Å². The van der Waals surface area contributed by atoms with Crippen molar-refractivity contribution in [3.05, 3.63) is 80.2 Å². The second kappa shape index (κ2) is 12.0. The first kappa shape index (κ1) is 25.9. The summed E-state index contributed by atoms with van der Waals surface area (Å²) in [5.74, 6) is 0.102. The highest BCUT2D eigenvalue weighted by Gasteiger charge is 2.26. The Morgan fingerprint density at radius 1 is 1.28 bits per heavy atom. The number of carbonyl (C=O) groups is 1. The molecule has 0 saturated heterocycles. The zero-order valence-corrected chi connectivity index (χ0v) is 20.0. The minimum atomic E-state index is -3.89. The summed E-state index contributed by atoms with van der Waals surface area (Å²) in [7, 11) is -2.39. The monoisotopic (exact) mass is 497 g/mol. The van der Waals surface area contributed by atoms with E-state index in [4.69, 9.17) is 11.6 Å². The standard InChI is InChI=1S/C21H24ClN3O5S2/c1-24(15-17-14-18(25(27)28)8-9-19(17)22)21(26)20(10-12-31-2)23-32(29,30)13-11-16-6-4-3-5-7-16/h3-9,11,13-14,20,23H,10,12,15H2,1-2H3/b13-11+. The number of rotatable bonds is 11. The van der Waals surface area contributed by atoms with Gasteiger partial charge in [0.1, 0.15) is 6.04 Å². The Hall–Kier alpha value is -2.40. The number of nitrogens with one attached hydrogen (secondary N) is 1. The number of nitro benzene ring substituents is 1. The number of non-ortho nitro benzene ring substituents is 1. The van der Waals surface area contributed by atoms with E-state index in [1.165, 1.54) is 48.0 Å². The summed E-state index contributed by atoms with van der Waals surface area (Å²) in [6, 6.07) is 11.9. The molecule has 0 radical (unpaired) electrons. The fourth-order valence-electron chi connectivity index (χ4n) is 2.83. The predicted octanol–water partition coefficient (Wildman–Crippen LogP) is 3.92. The molecule has 2 rings (SSSR count). The van der Waals surface area contributed by atoms with Crippen LogP contribution in [0, 0.1) is 10.1 Å². The van der Waals surface area contributed by atoms with Crippen LogP contribution in [-0.4, -0.2) is 49.2 Å². The molecule has 0 spiro atoms. The number of likely N-dealkylation sites (N-methyl/N-ethyl adjacent to an activating group) is 1. The molecule has 1 amide bonds. The Labute approximate surface area is 196 Å². The van der Waals surface area contributed by atoms with Crippen molar-refractivity contribution in [1.29, 1.82) is 0 Å². The van der Waals surface area contributed by atoms with Crippen LogP contribution in [0.15, 0.2) is 53.9 Å². The van der Waals surface area contributed by atoms with Gasteiger partial charge in [-0.1, -0.05) is 41.9 Å². The van der Waals surface area contributed by atoms with Gasteiger partial charge in [-0.15, -0.1) is 0 Å². The number of benzene rings is 2. The molecular formula is C21H24ClN3O5S2. The molecule has 0 aliphatic carbocycles. The number of nitrogens with zero attached hydrogens (tertiary/aromatic N) is 2. The molecule has 1 N–H and O–H groups in total. The lowest BCUT2D eigenvalue weighted by molar-refractivity contribution is -0.384. The largest absolute Gasteiger partial charge is 0.340 e. The van der Waals surface area contributed by atoms with Crippen LogP contribution in [0.2, 0.25) is 5.02 Å². The third-order valence-electron chi connectivity index (χ3n) is 4.48. The highest BCUT2D eigenvalue weighted by Crippen LogP contribution is 2.23.